The zero-order chi connectivity index (χ0) is 33.1. The fraction of sp³-hybridized carbons (Fsp3) is 0.0435. The Bertz CT molecular complexity index is 1760. The molecule has 0 aliphatic carbocycles. The summed E-state index contributed by atoms with van der Waals surface area (Å²) < 4.78 is 0. The number of hydrogen-bond acceptors (Lipinski definition) is 0. The van der Waals surface area contributed by atoms with E-state index in [1.54, 1.807) is 0 Å². The molecule has 2 radical (unpaired) electrons. The van der Waals surface area contributed by atoms with Crippen LogP contribution in [0, 0.1) is 27.7 Å². The standard InChI is InChI=1S/C12H10Si.2C10H9.2C7H7.Hf/c1-3-7-11(8-4-1)13-12-9-5-2-6-10-12;2*1-8-6-9-4-2-3-5-10(9)7-8;2*1-7-5-3-2-4-6-7;/h1-10H;2*2-7H,1H3;2*2-6H,1H2;/q;4*-1;+4. The fourth-order valence-electron chi connectivity index (χ4n) is 4.78. The summed E-state index contributed by atoms with van der Waals surface area (Å²) in [6, 6.07) is 66.6. The smallest absolute Gasteiger partial charge is 0.199 e. The van der Waals surface area contributed by atoms with Gasteiger partial charge in [0.1, 0.15) is 9.52 Å². The second kappa shape index (κ2) is 21.3. The molecule has 0 amide bonds. The number of aryl methyl sites for hydroxylation is 2. The molecule has 8 aromatic rings. The molecule has 0 saturated heterocycles. The zero-order valence-corrected chi connectivity index (χ0v) is 32.5. The molecule has 0 atom stereocenters. The molecule has 2 heteroatoms. The van der Waals surface area contributed by atoms with Crippen molar-refractivity contribution in [2.45, 2.75) is 13.8 Å². The topological polar surface area (TPSA) is 0 Å². The van der Waals surface area contributed by atoms with E-state index in [2.05, 4.69) is 161 Å². The Morgan fingerprint density at radius 3 is 0.979 bits per heavy atom. The van der Waals surface area contributed by atoms with E-state index in [9.17, 15) is 0 Å². The molecule has 0 aromatic heterocycles. The second-order valence-electron chi connectivity index (χ2n) is 11.2. The van der Waals surface area contributed by atoms with E-state index in [0.717, 1.165) is 20.6 Å². The minimum Gasteiger partial charge on any atom is -0.199 e. The predicted octanol–water partition coefficient (Wildman–Crippen LogP) is 10.8. The summed E-state index contributed by atoms with van der Waals surface area (Å²) in [5.41, 5.74) is 4.84. The van der Waals surface area contributed by atoms with Crippen LogP contribution in [0.1, 0.15) is 22.3 Å². The van der Waals surface area contributed by atoms with Gasteiger partial charge in [-0.3, -0.25) is 0 Å². The van der Waals surface area contributed by atoms with Crippen LogP contribution in [0.25, 0.3) is 21.5 Å². The van der Waals surface area contributed by atoms with Crippen LogP contribution in [0.4, 0.5) is 0 Å². The van der Waals surface area contributed by atoms with Crippen LogP contribution in [-0.4, -0.2) is 9.52 Å². The van der Waals surface area contributed by atoms with Crippen LogP contribution < -0.4 is 10.4 Å². The normalized spacial score (nSPS) is 9.54. The van der Waals surface area contributed by atoms with E-state index in [1.807, 2.05) is 60.7 Å². The van der Waals surface area contributed by atoms with Crippen molar-refractivity contribution in [1.82, 2.24) is 0 Å². The molecule has 0 fully saturated rings. The molecule has 0 nitrogen and oxygen atoms in total. The van der Waals surface area contributed by atoms with Crippen molar-refractivity contribution in [2.75, 3.05) is 0 Å². The van der Waals surface area contributed by atoms with Gasteiger partial charge in [0.25, 0.3) is 0 Å². The van der Waals surface area contributed by atoms with Crippen LogP contribution in [0.5, 0.6) is 0 Å². The summed E-state index contributed by atoms with van der Waals surface area (Å²) in [5, 5.41) is 8.18. The van der Waals surface area contributed by atoms with Crippen molar-refractivity contribution < 1.29 is 25.8 Å². The molecule has 0 spiro atoms. The number of fused-ring (bicyclic) bond motifs is 2. The third-order valence-corrected chi connectivity index (χ3v) is 8.29. The maximum absolute atomic E-state index is 3.72. The number of rotatable bonds is 2. The molecule has 0 saturated carbocycles. The van der Waals surface area contributed by atoms with Gasteiger partial charge in [-0.05, 0) is 0 Å². The summed E-state index contributed by atoms with van der Waals surface area (Å²) in [6.07, 6.45) is 0. The third-order valence-electron chi connectivity index (χ3n) is 7.05. The first-order chi connectivity index (χ1) is 23.0. The molecule has 8 rings (SSSR count). The van der Waals surface area contributed by atoms with E-state index in [1.165, 1.54) is 43.0 Å². The van der Waals surface area contributed by atoms with Gasteiger partial charge in [0.15, 0.2) is 0 Å². The third kappa shape index (κ3) is 14.0. The van der Waals surface area contributed by atoms with Crippen LogP contribution in [0.3, 0.4) is 0 Å². The molecule has 0 aliphatic rings. The second-order valence-corrected chi connectivity index (χ2v) is 12.6. The van der Waals surface area contributed by atoms with Crippen molar-refractivity contribution in [3.63, 3.8) is 0 Å². The summed E-state index contributed by atoms with van der Waals surface area (Å²) in [5.74, 6) is 0. The Labute approximate surface area is 309 Å². The fourth-order valence-corrected chi connectivity index (χ4v) is 5.83. The van der Waals surface area contributed by atoms with E-state index in [-0.39, 0.29) is 25.8 Å². The summed E-state index contributed by atoms with van der Waals surface area (Å²) in [4.78, 5) is 0. The maximum atomic E-state index is 3.72. The molecule has 234 valence electrons. The molecule has 48 heavy (non-hydrogen) atoms. The van der Waals surface area contributed by atoms with Gasteiger partial charge in [-0.2, -0.15) is 61.4 Å². The minimum absolute atomic E-state index is 0. The van der Waals surface area contributed by atoms with Crippen LogP contribution in [0.2, 0.25) is 0 Å². The van der Waals surface area contributed by atoms with E-state index >= 15 is 0 Å². The Kier molecular flexibility index (Phi) is 16.8. The molecular formula is C46H42HfSi. The minimum atomic E-state index is 0. The number of hydrogen-bond donors (Lipinski definition) is 0. The predicted molar refractivity (Wildman–Crippen MR) is 208 cm³/mol. The van der Waals surface area contributed by atoms with Crippen LogP contribution >= 0.6 is 0 Å². The first-order valence-corrected chi connectivity index (χ1v) is 16.8. The van der Waals surface area contributed by atoms with Gasteiger partial charge >= 0.3 is 25.8 Å². The average molecular weight is 801 g/mol. The summed E-state index contributed by atoms with van der Waals surface area (Å²) >= 11 is 0. The summed E-state index contributed by atoms with van der Waals surface area (Å²) in [6.45, 7) is 11.7. The Morgan fingerprint density at radius 2 is 0.688 bits per heavy atom. The zero-order valence-electron chi connectivity index (χ0n) is 27.9. The summed E-state index contributed by atoms with van der Waals surface area (Å²) in [7, 11) is 0.777. The Balaban J connectivity index is 0.000000165. The Morgan fingerprint density at radius 1 is 0.396 bits per heavy atom. The molecule has 0 heterocycles. The van der Waals surface area contributed by atoms with E-state index in [0.29, 0.717) is 0 Å². The quantitative estimate of drug-likeness (QED) is 0.121. The van der Waals surface area contributed by atoms with Gasteiger partial charge in [0, 0.05) is 0 Å². The van der Waals surface area contributed by atoms with Crippen molar-refractivity contribution >= 4 is 41.4 Å². The largest absolute Gasteiger partial charge is 4.00 e. The molecule has 0 aliphatic heterocycles. The van der Waals surface area contributed by atoms with Crippen molar-refractivity contribution in [1.29, 1.82) is 0 Å². The van der Waals surface area contributed by atoms with Crippen molar-refractivity contribution in [3.05, 3.63) is 230 Å². The average Bonchev–Trinajstić information content (AvgIpc) is 3.68. The molecule has 0 bridgehead atoms. The van der Waals surface area contributed by atoms with E-state index in [4.69, 9.17) is 0 Å². The SMILES string of the molecule is Cc1cc2ccccc2[cH-]1.Cc1cc2ccccc2[cH-]1.[CH2-]c1ccccc1.[CH2-]c1ccccc1.[Hf+4].c1ccc([Si]c2ccccc2)cc1. The molecule has 8 aromatic carbocycles. The van der Waals surface area contributed by atoms with Crippen molar-refractivity contribution in [2.24, 2.45) is 0 Å². The van der Waals surface area contributed by atoms with Gasteiger partial charge in [0.2, 0.25) is 0 Å². The molecular weight excluding hydrogens is 759 g/mol. The monoisotopic (exact) mass is 802 g/mol. The van der Waals surface area contributed by atoms with Gasteiger partial charge < -0.3 is 0 Å². The first kappa shape index (κ1) is 37.8. The molecule has 0 N–H and O–H groups in total. The van der Waals surface area contributed by atoms with Crippen LogP contribution in [0.15, 0.2) is 194 Å². The van der Waals surface area contributed by atoms with Gasteiger partial charge in [-0.25, -0.2) is 0 Å². The van der Waals surface area contributed by atoms with Crippen molar-refractivity contribution in [3.8, 4) is 0 Å². The first-order valence-electron chi connectivity index (χ1n) is 15.8. The maximum Gasteiger partial charge on any atom is 4.00 e. The van der Waals surface area contributed by atoms with Gasteiger partial charge in [-0.1, -0.05) is 109 Å². The van der Waals surface area contributed by atoms with Gasteiger partial charge in [-0.15, -0.1) is 105 Å². The molecule has 0 unspecified atom stereocenters. The van der Waals surface area contributed by atoms with Gasteiger partial charge in [0.05, 0.1) is 0 Å². The Hall–Kier alpha value is -4.63. The van der Waals surface area contributed by atoms with Crippen LogP contribution in [-0.2, 0) is 25.8 Å². The number of benzene rings is 6. The van der Waals surface area contributed by atoms with E-state index < -0.39 is 0 Å².